The molecule has 0 aliphatic carbocycles. The Morgan fingerprint density at radius 3 is 2.38 bits per heavy atom. The molecule has 1 fully saturated rings. The van der Waals surface area contributed by atoms with E-state index in [2.05, 4.69) is 0 Å². The van der Waals surface area contributed by atoms with Crippen LogP contribution >= 0.6 is 0 Å². The van der Waals surface area contributed by atoms with Crippen molar-refractivity contribution in [3.05, 3.63) is 35.9 Å². The van der Waals surface area contributed by atoms with Crippen molar-refractivity contribution in [1.82, 2.24) is 4.90 Å². The van der Waals surface area contributed by atoms with E-state index < -0.39 is 6.10 Å². The fraction of sp³-hybridized carbons (Fsp3) is 0.588. The van der Waals surface area contributed by atoms with E-state index in [-0.39, 0.29) is 23.8 Å². The van der Waals surface area contributed by atoms with Gasteiger partial charge in [0.15, 0.2) is 12.4 Å². The van der Waals surface area contributed by atoms with E-state index in [1.165, 1.54) is 0 Å². The minimum absolute atomic E-state index is 0.0305. The van der Waals surface area contributed by atoms with Crippen LogP contribution in [0.15, 0.2) is 30.3 Å². The first-order chi connectivity index (χ1) is 9.86. The van der Waals surface area contributed by atoms with Gasteiger partial charge in [-0.1, -0.05) is 30.3 Å². The number of likely N-dealkylation sites (tertiary alicyclic amines) is 1. The molecule has 21 heavy (non-hydrogen) atoms. The molecule has 0 spiro atoms. The first-order valence-electron chi connectivity index (χ1n) is 7.51. The van der Waals surface area contributed by atoms with Gasteiger partial charge in [0.25, 0.3) is 5.91 Å². The fourth-order valence-corrected chi connectivity index (χ4v) is 2.80. The average molecular weight is 291 g/mol. The van der Waals surface area contributed by atoms with E-state index >= 15 is 0 Å². The molecule has 1 saturated heterocycles. The van der Waals surface area contributed by atoms with Gasteiger partial charge in [-0.15, -0.1) is 0 Å². The van der Waals surface area contributed by atoms with Gasteiger partial charge in [0.1, 0.15) is 0 Å². The zero-order chi connectivity index (χ0) is 15.6. The number of carbonyl (C=O) groups is 1. The number of rotatable bonds is 5. The van der Waals surface area contributed by atoms with Gasteiger partial charge in [0.2, 0.25) is 0 Å². The summed E-state index contributed by atoms with van der Waals surface area (Å²) in [5.41, 5.74) is 0.868. The fourth-order valence-electron chi connectivity index (χ4n) is 2.80. The van der Waals surface area contributed by atoms with Gasteiger partial charge < -0.3 is 14.4 Å². The number of nitrogens with zero attached hydrogens (tertiary/aromatic N) is 1. The largest absolute Gasteiger partial charge is 0.353 e. The molecular formula is C17H25NO3. The molecule has 1 aliphatic rings. The van der Waals surface area contributed by atoms with Crippen molar-refractivity contribution >= 4 is 5.91 Å². The number of β-lactam (4-membered cyclic amide) rings is 1. The van der Waals surface area contributed by atoms with Gasteiger partial charge in [-0.25, -0.2) is 0 Å². The third kappa shape index (κ3) is 3.27. The van der Waals surface area contributed by atoms with Gasteiger partial charge in [0.05, 0.1) is 6.04 Å². The van der Waals surface area contributed by atoms with Gasteiger partial charge in [0, 0.05) is 12.1 Å². The van der Waals surface area contributed by atoms with Gasteiger partial charge >= 0.3 is 0 Å². The maximum Gasteiger partial charge on any atom is 0.255 e. The van der Waals surface area contributed by atoms with E-state index in [4.69, 9.17) is 9.47 Å². The van der Waals surface area contributed by atoms with Crippen molar-refractivity contribution in [2.24, 2.45) is 0 Å². The van der Waals surface area contributed by atoms with Crippen molar-refractivity contribution < 1.29 is 14.3 Å². The van der Waals surface area contributed by atoms with Crippen LogP contribution in [0.1, 0.15) is 46.2 Å². The molecule has 0 bridgehead atoms. The van der Waals surface area contributed by atoms with Crippen LogP contribution in [0.25, 0.3) is 0 Å². The Balaban J connectivity index is 2.22. The number of hydrogen-bond donors (Lipinski definition) is 0. The highest BCUT2D eigenvalue weighted by Crippen LogP contribution is 2.42. The number of benzene rings is 1. The second kappa shape index (κ2) is 6.16. The maximum absolute atomic E-state index is 12.5. The molecule has 4 heteroatoms. The Kier molecular flexibility index (Phi) is 4.69. The van der Waals surface area contributed by atoms with Crippen molar-refractivity contribution in [2.45, 2.75) is 58.6 Å². The number of carbonyl (C=O) groups excluding carboxylic acids is 1. The number of hydrogen-bond acceptors (Lipinski definition) is 3. The molecule has 3 atom stereocenters. The SMILES string of the molecule is CCOC(C)O[C@H]1C(=O)N(C(C)(C)C)[C@H]1c1ccccc1. The summed E-state index contributed by atoms with van der Waals surface area (Å²) in [5.74, 6) is 0.0305. The van der Waals surface area contributed by atoms with Crippen molar-refractivity contribution in [1.29, 1.82) is 0 Å². The molecule has 1 aromatic rings. The molecule has 1 aliphatic heterocycles. The summed E-state index contributed by atoms with van der Waals surface area (Å²) in [6.45, 7) is 10.5. The lowest BCUT2D eigenvalue weighted by Crippen LogP contribution is -2.66. The molecule has 0 radical (unpaired) electrons. The minimum atomic E-state index is -0.465. The Labute approximate surface area is 127 Å². The molecule has 4 nitrogen and oxygen atoms in total. The minimum Gasteiger partial charge on any atom is -0.353 e. The van der Waals surface area contributed by atoms with E-state index in [0.29, 0.717) is 6.61 Å². The molecular weight excluding hydrogens is 266 g/mol. The lowest BCUT2D eigenvalue weighted by atomic mass is 9.85. The van der Waals surface area contributed by atoms with Crippen molar-refractivity contribution in [3.63, 3.8) is 0 Å². The summed E-state index contributed by atoms with van der Waals surface area (Å²) in [5, 5.41) is 0. The molecule has 1 amide bonds. The first kappa shape index (κ1) is 16.0. The zero-order valence-electron chi connectivity index (χ0n) is 13.5. The van der Waals surface area contributed by atoms with Crippen LogP contribution in [-0.2, 0) is 14.3 Å². The van der Waals surface area contributed by atoms with E-state index in [9.17, 15) is 4.79 Å². The lowest BCUT2D eigenvalue weighted by Gasteiger charge is -2.53. The van der Waals surface area contributed by atoms with E-state index in [0.717, 1.165) is 5.56 Å². The smallest absolute Gasteiger partial charge is 0.255 e. The molecule has 0 saturated carbocycles. The second-order valence-corrected chi connectivity index (χ2v) is 6.31. The summed E-state index contributed by atoms with van der Waals surface area (Å²) in [6.07, 6.45) is -0.842. The highest BCUT2D eigenvalue weighted by atomic mass is 16.7. The monoisotopic (exact) mass is 291 g/mol. The molecule has 1 unspecified atom stereocenters. The Hall–Kier alpha value is -1.39. The van der Waals surface area contributed by atoms with Crippen LogP contribution in [0.5, 0.6) is 0 Å². The summed E-state index contributed by atoms with van der Waals surface area (Å²) >= 11 is 0. The van der Waals surface area contributed by atoms with Crippen molar-refractivity contribution in [2.75, 3.05) is 6.61 Å². The van der Waals surface area contributed by atoms with E-state index in [1.807, 2.05) is 69.9 Å². The lowest BCUT2D eigenvalue weighted by molar-refractivity contribution is -0.224. The Bertz CT molecular complexity index is 481. The number of amides is 1. The van der Waals surface area contributed by atoms with Crippen molar-refractivity contribution in [3.8, 4) is 0 Å². The number of ether oxygens (including phenoxy) is 2. The second-order valence-electron chi connectivity index (χ2n) is 6.31. The summed E-state index contributed by atoms with van der Waals surface area (Å²) in [7, 11) is 0. The molecule has 1 aromatic carbocycles. The van der Waals surface area contributed by atoms with Crippen LogP contribution in [-0.4, -0.2) is 35.3 Å². The van der Waals surface area contributed by atoms with Crippen LogP contribution in [0.4, 0.5) is 0 Å². The van der Waals surface area contributed by atoms with Gasteiger partial charge in [-0.3, -0.25) is 4.79 Å². The summed E-state index contributed by atoms with van der Waals surface area (Å²) in [6, 6.07) is 9.98. The molecule has 1 heterocycles. The predicted molar refractivity (Wildman–Crippen MR) is 81.7 cm³/mol. The van der Waals surface area contributed by atoms with Gasteiger partial charge in [-0.05, 0) is 40.2 Å². The third-order valence-corrected chi connectivity index (χ3v) is 3.65. The Morgan fingerprint density at radius 1 is 1.24 bits per heavy atom. The van der Waals surface area contributed by atoms with Crippen LogP contribution in [0, 0.1) is 0 Å². The standard InChI is InChI=1S/C17H25NO3/c1-6-20-12(2)21-15-14(13-10-8-7-9-11-13)18(16(15)19)17(3,4)5/h7-12,14-15H,6H2,1-5H3/t12?,14-,15+/m0/s1. The normalized spacial score (nSPS) is 23.9. The molecule has 2 rings (SSSR count). The Morgan fingerprint density at radius 2 is 1.86 bits per heavy atom. The third-order valence-electron chi connectivity index (χ3n) is 3.65. The zero-order valence-corrected chi connectivity index (χ0v) is 13.5. The van der Waals surface area contributed by atoms with Crippen LogP contribution in [0.3, 0.4) is 0 Å². The van der Waals surface area contributed by atoms with E-state index in [1.54, 1.807) is 0 Å². The predicted octanol–water partition coefficient (Wildman–Crippen LogP) is 3.14. The molecule has 0 aromatic heterocycles. The first-order valence-corrected chi connectivity index (χ1v) is 7.51. The van der Waals surface area contributed by atoms with Crippen LogP contribution in [0.2, 0.25) is 0 Å². The summed E-state index contributed by atoms with van der Waals surface area (Å²) < 4.78 is 11.2. The quantitative estimate of drug-likeness (QED) is 0.618. The maximum atomic E-state index is 12.5. The highest BCUT2D eigenvalue weighted by Gasteiger charge is 2.53. The molecule has 0 N–H and O–H groups in total. The topological polar surface area (TPSA) is 38.8 Å². The highest BCUT2D eigenvalue weighted by molar-refractivity contribution is 5.89. The average Bonchev–Trinajstić information content (AvgIpc) is 2.41. The van der Waals surface area contributed by atoms with Crippen LogP contribution < -0.4 is 0 Å². The molecule has 116 valence electrons. The van der Waals surface area contributed by atoms with Gasteiger partial charge in [-0.2, -0.15) is 0 Å². The summed E-state index contributed by atoms with van der Waals surface area (Å²) in [4.78, 5) is 14.4.